The number of nitrogens with one attached hydrogen (secondary N) is 2. The van der Waals surface area contributed by atoms with E-state index in [4.69, 9.17) is 23.2 Å². The van der Waals surface area contributed by atoms with Crippen LogP contribution in [0.4, 0.5) is 0 Å². The largest absolute Gasteiger partial charge is 0.356 e. The van der Waals surface area contributed by atoms with Gasteiger partial charge in [0.25, 0.3) is 0 Å². The normalized spacial score (nSPS) is 17.9. The van der Waals surface area contributed by atoms with E-state index in [2.05, 4.69) is 10.6 Å². The van der Waals surface area contributed by atoms with Crippen molar-refractivity contribution < 1.29 is 4.79 Å². The Bertz CT molecular complexity index is 447. The molecule has 2 rings (SSSR count). The third-order valence-corrected chi connectivity index (χ3v) is 4.66. The summed E-state index contributed by atoms with van der Waals surface area (Å²) in [5.74, 6) is 2.24. The molecule has 0 aliphatic carbocycles. The van der Waals surface area contributed by atoms with Crippen LogP contribution in [0.2, 0.25) is 10.0 Å². The van der Waals surface area contributed by atoms with Crippen LogP contribution in [-0.4, -0.2) is 36.5 Å². The molecule has 1 aromatic carbocycles. The average Bonchev–Trinajstić information content (AvgIpc) is 2.38. The molecule has 0 bridgehead atoms. The van der Waals surface area contributed by atoms with Crippen molar-refractivity contribution in [1.82, 2.24) is 10.6 Å². The molecule has 0 saturated carbocycles. The molecule has 0 aromatic heterocycles. The van der Waals surface area contributed by atoms with Gasteiger partial charge in [0.15, 0.2) is 0 Å². The van der Waals surface area contributed by atoms with Gasteiger partial charge in [-0.15, -0.1) is 12.4 Å². The third-order valence-electron chi connectivity index (χ3n) is 3.09. The highest BCUT2D eigenvalue weighted by Gasteiger charge is 2.16. The Hall–Kier alpha value is -0.130. The first-order valence-corrected chi connectivity index (χ1v) is 8.57. The van der Waals surface area contributed by atoms with Gasteiger partial charge in [0.05, 0.1) is 0 Å². The fraction of sp³-hybridized carbons (Fsp3) is 0.500. The first-order valence-electron chi connectivity index (χ1n) is 6.66. The fourth-order valence-electron chi connectivity index (χ4n) is 2.15. The van der Waals surface area contributed by atoms with Gasteiger partial charge in [0.2, 0.25) is 5.91 Å². The van der Waals surface area contributed by atoms with Crippen molar-refractivity contribution in [3.63, 3.8) is 0 Å². The minimum Gasteiger partial charge on any atom is -0.356 e. The number of carbonyl (C=O) groups is 1. The topological polar surface area (TPSA) is 41.1 Å². The molecule has 1 atom stereocenters. The average molecular weight is 370 g/mol. The third kappa shape index (κ3) is 7.11. The second kappa shape index (κ2) is 9.80. The van der Waals surface area contributed by atoms with E-state index in [9.17, 15) is 4.79 Å². The Morgan fingerprint density at radius 3 is 2.67 bits per heavy atom. The SMILES string of the molecule is Cl.O=C(CC1CSCCN1)NCCc1cc(Cl)cc(Cl)c1. The van der Waals surface area contributed by atoms with Crippen LogP contribution in [0, 0.1) is 0 Å². The summed E-state index contributed by atoms with van der Waals surface area (Å²) in [6, 6.07) is 5.75. The molecule has 3 nitrogen and oxygen atoms in total. The van der Waals surface area contributed by atoms with Crippen LogP contribution in [0.25, 0.3) is 0 Å². The van der Waals surface area contributed by atoms with Gasteiger partial charge in [0, 0.05) is 47.1 Å². The molecule has 1 saturated heterocycles. The molecule has 1 fully saturated rings. The quantitative estimate of drug-likeness (QED) is 0.837. The summed E-state index contributed by atoms with van der Waals surface area (Å²) in [6.07, 6.45) is 1.28. The molecule has 7 heteroatoms. The number of benzene rings is 1. The summed E-state index contributed by atoms with van der Waals surface area (Å²) < 4.78 is 0. The highest BCUT2D eigenvalue weighted by molar-refractivity contribution is 7.99. The van der Waals surface area contributed by atoms with Gasteiger partial charge < -0.3 is 10.6 Å². The smallest absolute Gasteiger partial charge is 0.221 e. The van der Waals surface area contributed by atoms with Crippen molar-refractivity contribution in [2.45, 2.75) is 18.9 Å². The zero-order valence-electron chi connectivity index (χ0n) is 11.5. The number of hydrogen-bond acceptors (Lipinski definition) is 3. The summed E-state index contributed by atoms with van der Waals surface area (Å²) in [5.41, 5.74) is 1.04. The summed E-state index contributed by atoms with van der Waals surface area (Å²) in [6.45, 7) is 1.60. The Morgan fingerprint density at radius 1 is 1.33 bits per heavy atom. The molecule has 1 aliphatic rings. The van der Waals surface area contributed by atoms with Crippen LogP contribution < -0.4 is 10.6 Å². The fourth-order valence-corrected chi connectivity index (χ4v) is 3.67. The minimum absolute atomic E-state index is 0. The molecule has 1 amide bonds. The van der Waals surface area contributed by atoms with Gasteiger partial charge in [0.1, 0.15) is 0 Å². The summed E-state index contributed by atoms with van der Waals surface area (Å²) in [5, 5.41) is 7.55. The molecular weight excluding hydrogens is 351 g/mol. The summed E-state index contributed by atoms with van der Waals surface area (Å²) in [4.78, 5) is 11.8. The number of rotatable bonds is 5. The maximum Gasteiger partial charge on any atom is 0.221 e. The second-order valence-corrected chi connectivity index (χ2v) is 6.83. The number of amides is 1. The Morgan fingerprint density at radius 2 is 2.05 bits per heavy atom. The van der Waals surface area contributed by atoms with Gasteiger partial charge in [-0.2, -0.15) is 11.8 Å². The van der Waals surface area contributed by atoms with E-state index in [0.29, 0.717) is 29.1 Å². The van der Waals surface area contributed by atoms with E-state index < -0.39 is 0 Å². The standard InChI is InChI=1S/C14H18Cl2N2OS.ClH/c15-11-5-10(6-12(16)7-11)1-2-18-14(19)8-13-9-20-4-3-17-13;/h5-7,13,17H,1-4,8-9H2,(H,18,19);1H. The first kappa shape index (κ1) is 18.9. The molecule has 1 aromatic rings. The van der Waals surface area contributed by atoms with E-state index in [-0.39, 0.29) is 18.3 Å². The highest BCUT2D eigenvalue weighted by atomic mass is 35.5. The Balaban J connectivity index is 0.00000220. The van der Waals surface area contributed by atoms with Crippen LogP contribution >= 0.6 is 47.4 Å². The molecule has 118 valence electrons. The molecule has 21 heavy (non-hydrogen) atoms. The second-order valence-electron chi connectivity index (χ2n) is 4.81. The van der Waals surface area contributed by atoms with Crippen molar-refractivity contribution in [3.8, 4) is 0 Å². The Kier molecular flexibility index (Phi) is 8.83. The first-order chi connectivity index (χ1) is 9.63. The molecular formula is C14H19Cl3N2OS. The number of halogens is 3. The van der Waals surface area contributed by atoms with Gasteiger partial charge >= 0.3 is 0 Å². The van der Waals surface area contributed by atoms with Crippen LogP contribution in [0.3, 0.4) is 0 Å². The lowest BCUT2D eigenvalue weighted by Gasteiger charge is -2.22. The van der Waals surface area contributed by atoms with Gasteiger partial charge in [-0.1, -0.05) is 23.2 Å². The van der Waals surface area contributed by atoms with Crippen molar-refractivity contribution in [1.29, 1.82) is 0 Å². The lowest BCUT2D eigenvalue weighted by Crippen LogP contribution is -2.41. The number of carbonyl (C=O) groups excluding carboxylic acids is 1. The lowest BCUT2D eigenvalue weighted by molar-refractivity contribution is -0.121. The maximum absolute atomic E-state index is 11.8. The summed E-state index contributed by atoms with van der Waals surface area (Å²) >= 11 is 13.8. The van der Waals surface area contributed by atoms with Crippen LogP contribution in [-0.2, 0) is 11.2 Å². The minimum atomic E-state index is 0. The summed E-state index contributed by atoms with van der Waals surface area (Å²) in [7, 11) is 0. The van der Waals surface area contributed by atoms with E-state index in [1.54, 1.807) is 6.07 Å². The van der Waals surface area contributed by atoms with Crippen molar-refractivity contribution in [3.05, 3.63) is 33.8 Å². The molecule has 1 unspecified atom stereocenters. The van der Waals surface area contributed by atoms with Crippen molar-refractivity contribution >= 4 is 53.3 Å². The monoisotopic (exact) mass is 368 g/mol. The van der Waals surface area contributed by atoms with Gasteiger partial charge in [-0.25, -0.2) is 0 Å². The number of thioether (sulfide) groups is 1. The van der Waals surface area contributed by atoms with Crippen LogP contribution in [0.5, 0.6) is 0 Å². The van der Waals surface area contributed by atoms with Crippen LogP contribution in [0.1, 0.15) is 12.0 Å². The maximum atomic E-state index is 11.8. The molecule has 0 radical (unpaired) electrons. The van der Waals surface area contributed by atoms with Gasteiger partial charge in [-0.3, -0.25) is 4.79 Å². The molecule has 1 aliphatic heterocycles. The van der Waals surface area contributed by atoms with E-state index in [0.717, 1.165) is 30.0 Å². The highest BCUT2D eigenvalue weighted by Crippen LogP contribution is 2.19. The predicted octanol–water partition coefficient (Wildman–Crippen LogP) is 3.17. The van der Waals surface area contributed by atoms with Gasteiger partial charge in [-0.05, 0) is 30.2 Å². The lowest BCUT2D eigenvalue weighted by atomic mass is 10.1. The Labute approximate surface area is 145 Å². The van der Waals surface area contributed by atoms with Crippen molar-refractivity contribution in [2.75, 3.05) is 24.6 Å². The zero-order chi connectivity index (χ0) is 14.4. The van der Waals surface area contributed by atoms with E-state index in [1.165, 1.54) is 0 Å². The molecule has 0 spiro atoms. The number of hydrogen-bond donors (Lipinski definition) is 2. The zero-order valence-corrected chi connectivity index (χ0v) is 14.7. The molecule has 1 heterocycles. The van der Waals surface area contributed by atoms with E-state index in [1.807, 2.05) is 23.9 Å². The molecule has 2 N–H and O–H groups in total. The van der Waals surface area contributed by atoms with Crippen molar-refractivity contribution in [2.24, 2.45) is 0 Å². The van der Waals surface area contributed by atoms with E-state index >= 15 is 0 Å². The predicted molar refractivity (Wildman–Crippen MR) is 94.2 cm³/mol. The van der Waals surface area contributed by atoms with Crippen LogP contribution in [0.15, 0.2) is 18.2 Å².